The van der Waals surface area contributed by atoms with Gasteiger partial charge in [-0.3, -0.25) is 15.2 Å². The van der Waals surface area contributed by atoms with E-state index in [9.17, 15) is 4.79 Å². The van der Waals surface area contributed by atoms with Gasteiger partial charge in [0.15, 0.2) is 0 Å². The summed E-state index contributed by atoms with van der Waals surface area (Å²) in [6.45, 7) is 3.68. The average molecular weight is 243 g/mol. The molecule has 0 aliphatic heterocycles. The Labute approximate surface area is 104 Å². The molecule has 2 aromatic rings. The van der Waals surface area contributed by atoms with Crippen LogP contribution in [0, 0.1) is 0 Å². The molecule has 18 heavy (non-hydrogen) atoms. The molecule has 0 bridgehead atoms. The van der Waals surface area contributed by atoms with E-state index in [0.717, 1.165) is 11.3 Å². The molecule has 0 unspecified atom stereocenters. The van der Waals surface area contributed by atoms with Crippen LogP contribution in [0.1, 0.15) is 13.8 Å². The fourth-order valence-corrected chi connectivity index (χ4v) is 1.33. The molecule has 0 amide bonds. The molecule has 0 aliphatic rings. The van der Waals surface area contributed by atoms with E-state index in [2.05, 4.69) is 25.7 Å². The van der Waals surface area contributed by atoms with Crippen molar-refractivity contribution in [3.63, 3.8) is 0 Å². The molecule has 2 N–H and O–H groups in total. The second-order valence-corrected chi connectivity index (χ2v) is 3.90. The van der Waals surface area contributed by atoms with Crippen LogP contribution in [-0.4, -0.2) is 20.9 Å². The summed E-state index contributed by atoms with van der Waals surface area (Å²) in [4.78, 5) is 15.5. The van der Waals surface area contributed by atoms with Crippen LogP contribution in [0.2, 0.25) is 0 Å². The minimum atomic E-state index is -0.308. The maximum Gasteiger partial charge on any atom is 0.289 e. The molecule has 0 spiro atoms. The number of hydrazone groups is 1. The lowest BCUT2D eigenvalue weighted by Crippen LogP contribution is -2.13. The van der Waals surface area contributed by atoms with Crippen LogP contribution < -0.4 is 11.0 Å². The van der Waals surface area contributed by atoms with E-state index in [0.29, 0.717) is 11.4 Å². The quantitative estimate of drug-likeness (QED) is 0.634. The Morgan fingerprint density at radius 1 is 1.33 bits per heavy atom. The van der Waals surface area contributed by atoms with Gasteiger partial charge in [0.25, 0.3) is 5.56 Å². The second kappa shape index (κ2) is 5.22. The molecule has 0 aromatic carbocycles. The fraction of sp³-hybridized carbons (Fsp3) is 0.167. The Balaban J connectivity index is 2.38. The molecule has 2 heterocycles. The van der Waals surface area contributed by atoms with Crippen molar-refractivity contribution in [3.8, 4) is 11.3 Å². The van der Waals surface area contributed by atoms with Crippen molar-refractivity contribution in [2.75, 3.05) is 5.43 Å². The van der Waals surface area contributed by atoms with Crippen molar-refractivity contribution >= 4 is 11.4 Å². The van der Waals surface area contributed by atoms with Crippen LogP contribution >= 0.6 is 0 Å². The largest absolute Gasteiger partial charge is 0.289 e. The number of hydrogen-bond donors (Lipinski definition) is 2. The predicted octanol–water partition coefficient (Wildman–Crippen LogP) is 1.64. The van der Waals surface area contributed by atoms with E-state index in [1.165, 1.54) is 0 Å². The first-order chi connectivity index (χ1) is 8.66. The molecule has 0 fully saturated rings. The highest BCUT2D eigenvalue weighted by Gasteiger charge is 2.04. The lowest BCUT2D eigenvalue weighted by molar-refractivity contribution is 0.991. The minimum Gasteiger partial charge on any atom is -0.273 e. The van der Waals surface area contributed by atoms with E-state index in [1.807, 2.05) is 26.0 Å². The first-order valence-corrected chi connectivity index (χ1v) is 5.44. The minimum absolute atomic E-state index is 0.308. The van der Waals surface area contributed by atoms with Crippen molar-refractivity contribution in [1.82, 2.24) is 15.2 Å². The number of rotatable bonds is 3. The third-order valence-corrected chi connectivity index (χ3v) is 2.18. The Morgan fingerprint density at radius 2 is 2.06 bits per heavy atom. The third kappa shape index (κ3) is 2.79. The highest BCUT2D eigenvalue weighted by Crippen LogP contribution is 2.15. The lowest BCUT2D eigenvalue weighted by Gasteiger charge is -2.03. The van der Waals surface area contributed by atoms with Crippen molar-refractivity contribution in [2.24, 2.45) is 5.10 Å². The smallest absolute Gasteiger partial charge is 0.273 e. The highest BCUT2D eigenvalue weighted by atomic mass is 16.1. The Hall–Kier alpha value is -2.50. The summed E-state index contributed by atoms with van der Waals surface area (Å²) in [5, 5.41) is 10.4. The van der Waals surface area contributed by atoms with Crippen molar-refractivity contribution in [1.29, 1.82) is 0 Å². The zero-order valence-corrected chi connectivity index (χ0v) is 10.1. The van der Waals surface area contributed by atoms with Crippen molar-refractivity contribution < 1.29 is 0 Å². The molecular formula is C12H13N5O. The summed E-state index contributed by atoms with van der Waals surface area (Å²) in [7, 11) is 0. The fourth-order valence-electron chi connectivity index (χ4n) is 1.33. The summed E-state index contributed by atoms with van der Waals surface area (Å²) in [5.74, 6) is 0. The van der Waals surface area contributed by atoms with Gasteiger partial charge in [-0.05, 0) is 32.0 Å². The normalized spacial score (nSPS) is 9.89. The molecular weight excluding hydrogens is 230 g/mol. The molecule has 0 saturated carbocycles. The van der Waals surface area contributed by atoms with E-state index < -0.39 is 0 Å². The first-order valence-electron chi connectivity index (χ1n) is 5.44. The maximum absolute atomic E-state index is 11.6. The number of aromatic amines is 1. The number of nitrogens with one attached hydrogen (secondary N) is 2. The summed E-state index contributed by atoms with van der Waals surface area (Å²) in [6.07, 6.45) is 3.34. The van der Waals surface area contributed by atoms with Crippen molar-refractivity contribution in [3.05, 3.63) is 40.9 Å². The summed E-state index contributed by atoms with van der Waals surface area (Å²) in [6, 6.07) is 5.29. The highest BCUT2D eigenvalue weighted by molar-refractivity contribution is 5.80. The van der Waals surface area contributed by atoms with Gasteiger partial charge in [-0.1, -0.05) is 0 Å². The predicted molar refractivity (Wildman–Crippen MR) is 70.5 cm³/mol. The molecule has 0 saturated heterocycles. The summed E-state index contributed by atoms with van der Waals surface area (Å²) in [5.41, 5.74) is 5.13. The van der Waals surface area contributed by atoms with Crippen LogP contribution in [0.4, 0.5) is 5.69 Å². The Kier molecular flexibility index (Phi) is 3.47. The van der Waals surface area contributed by atoms with Gasteiger partial charge in [0, 0.05) is 23.7 Å². The SMILES string of the molecule is CC(C)=NNc1cc(-c2ccncc2)n[nH]c1=O. The van der Waals surface area contributed by atoms with Gasteiger partial charge in [-0.15, -0.1) is 0 Å². The standard InChI is InChI=1S/C12H13N5O/c1-8(2)14-16-11-7-10(15-17-12(11)18)9-3-5-13-6-4-9/h3-7H,1-2H3,(H,15,16)(H,17,18). The van der Waals surface area contributed by atoms with Gasteiger partial charge >= 0.3 is 0 Å². The van der Waals surface area contributed by atoms with Gasteiger partial charge in [0.2, 0.25) is 0 Å². The van der Waals surface area contributed by atoms with Gasteiger partial charge in [-0.25, -0.2) is 5.10 Å². The molecule has 92 valence electrons. The van der Waals surface area contributed by atoms with Crippen molar-refractivity contribution in [2.45, 2.75) is 13.8 Å². The molecule has 6 nitrogen and oxygen atoms in total. The number of nitrogens with zero attached hydrogens (tertiary/aromatic N) is 3. The van der Waals surface area contributed by atoms with E-state index >= 15 is 0 Å². The van der Waals surface area contributed by atoms with Crippen LogP contribution in [0.25, 0.3) is 11.3 Å². The number of H-pyrrole nitrogens is 1. The van der Waals surface area contributed by atoms with Gasteiger partial charge < -0.3 is 0 Å². The molecule has 0 atom stereocenters. The zero-order chi connectivity index (χ0) is 13.0. The lowest BCUT2D eigenvalue weighted by atomic mass is 10.2. The monoisotopic (exact) mass is 243 g/mol. The summed E-state index contributed by atoms with van der Waals surface area (Å²) >= 11 is 0. The van der Waals surface area contributed by atoms with E-state index in [-0.39, 0.29) is 5.56 Å². The molecule has 2 rings (SSSR count). The molecule has 0 radical (unpaired) electrons. The summed E-state index contributed by atoms with van der Waals surface area (Å²) < 4.78 is 0. The van der Waals surface area contributed by atoms with E-state index in [1.54, 1.807) is 18.5 Å². The average Bonchev–Trinajstić information content (AvgIpc) is 2.38. The number of anilines is 1. The zero-order valence-electron chi connectivity index (χ0n) is 10.1. The molecule has 0 aliphatic carbocycles. The van der Waals surface area contributed by atoms with Crippen LogP contribution in [0.15, 0.2) is 40.5 Å². The van der Waals surface area contributed by atoms with E-state index in [4.69, 9.17) is 0 Å². The Bertz CT molecular complexity index is 614. The molecule has 2 aromatic heterocycles. The topological polar surface area (TPSA) is 83.0 Å². The van der Waals surface area contributed by atoms with Gasteiger partial charge in [0.05, 0.1) is 5.69 Å². The Morgan fingerprint density at radius 3 is 2.72 bits per heavy atom. The maximum atomic E-state index is 11.6. The second-order valence-electron chi connectivity index (χ2n) is 3.90. The van der Waals surface area contributed by atoms with Gasteiger partial charge in [0.1, 0.15) is 5.69 Å². The number of hydrogen-bond acceptors (Lipinski definition) is 5. The molecule has 6 heteroatoms. The first kappa shape index (κ1) is 12.0. The van der Waals surface area contributed by atoms with Crippen LogP contribution in [0.5, 0.6) is 0 Å². The third-order valence-electron chi connectivity index (χ3n) is 2.18. The van der Waals surface area contributed by atoms with Crippen LogP contribution in [-0.2, 0) is 0 Å². The number of aromatic nitrogens is 3. The number of pyridine rings is 1. The van der Waals surface area contributed by atoms with Gasteiger partial charge in [-0.2, -0.15) is 10.2 Å². The van der Waals surface area contributed by atoms with Crippen LogP contribution in [0.3, 0.4) is 0 Å².